The molecular formula is C11H7BrClF3N4. The van der Waals surface area contributed by atoms with Crippen molar-refractivity contribution in [3.05, 3.63) is 39.7 Å². The van der Waals surface area contributed by atoms with E-state index < -0.39 is 11.7 Å². The van der Waals surface area contributed by atoms with Crippen molar-refractivity contribution < 1.29 is 13.2 Å². The van der Waals surface area contributed by atoms with E-state index in [0.717, 1.165) is 18.5 Å². The van der Waals surface area contributed by atoms with E-state index in [1.807, 2.05) is 0 Å². The highest BCUT2D eigenvalue weighted by Crippen LogP contribution is 2.36. The summed E-state index contributed by atoms with van der Waals surface area (Å²) in [6.45, 7) is 0. The number of nitrogen functional groups attached to an aromatic ring is 1. The van der Waals surface area contributed by atoms with Crippen LogP contribution in [0.3, 0.4) is 0 Å². The third-order valence-electron chi connectivity index (χ3n) is 2.38. The highest BCUT2D eigenvalue weighted by atomic mass is 79.9. The fraction of sp³-hybridized carbons (Fsp3) is 0.0909. The maximum atomic E-state index is 12.7. The molecule has 4 nitrogen and oxygen atoms in total. The molecule has 1 aromatic heterocycles. The second kappa shape index (κ2) is 5.45. The van der Waals surface area contributed by atoms with E-state index in [9.17, 15) is 13.2 Å². The lowest BCUT2D eigenvalue weighted by Crippen LogP contribution is -2.06. The molecule has 1 heterocycles. The molecule has 2 aromatic rings. The second-order valence-electron chi connectivity index (χ2n) is 3.74. The Balaban J connectivity index is 2.41. The Hall–Kier alpha value is -1.54. The van der Waals surface area contributed by atoms with Gasteiger partial charge >= 0.3 is 6.18 Å². The van der Waals surface area contributed by atoms with E-state index in [0.29, 0.717) is 4.47 Å². The van der Waals surface area contributed by atoms with E-state index in [1.54, 1.807) is 0 Å². The molecule has 3 N–H and O–H groups in total. The SMILES string of the molecule is Nc1c(Cl)ncnc1Nc1cc(C(F)(F)F)ccc1Br. The first-order chi connectivity index (χ1) is 9.29. The van der Waals surface area contributed by atoms with Gasteiger partial charge in [0, 0.05) is 4.47 Å². The molecule has 9 heteroatoms. The zero-order chi connectivity index (χ0) is 14.9. The van der Waals surface area contributed by atoms with Crippen LogP contribution in [0.1, 0.15) is 5.56 Å². The number of halogens is 5. The third-order valence-corrected chi connectivity index (χ3v) is 3.37. The standard InChI is InChI=1S/C11H7BrClF3N4/c12-6-2-1-5(11(14,15)16)3-7(6)20-10-8(17)9(13)18-4-19-10/h1-4H,17H2,(H,18,19,20). The van der Waals surface area contributed by atoms with Crippen LogP contribution in [0.25, 0.3) is 0 Å². The van der Waals surface area contributed by atoms with Gasteiger partial charge in [-0.25, -0.2) is 9.97 Å². The maximum Gasteiger partial charge on any atom is 0.416 e. The second-order valence-corrected chi connectivity index (χ2v) is 4.96. The summed E-state index contributed by atoms with van der Waals surface area (Å²) in [5, 5.41) is 2.71. The molecule has 0 fully saturated rings. The van der Waals surface area contributed by atoms with E-state index in [2.05, 4.69) is 31.2 Å². The summed E-state index contributed by atoms with van der Waals surface area (Å²) in [5.41, 5.74) is 5.08. The molecule has 106 valence electrons. The maximum absolute atomic E-state index is 12.7. The van der Waals surface area contributed by atoms with Gasteiger partial charge in [0.05, 0.1) is 11.3 Å². The molecule has 0 aliphatic heterocycles. The third kappa shape index (κ3) is 3.13. The number of nitrogens with two attached hydrogens (primary N) is 1. The van der Waals surface area contributed by atoms with Crippen LogP contribution >= 0.6 is 27.5 Å². The predicted octanol–water partition coefficient (Wildman–Crippen LogP) is 4.24. The first-order valence-corrected chi connectivity index (χ1v) is 6.36. The molecule has 0 atom stereocenters. The summed E-state index contributed by atoms with van der Waals surface area (Å²) >= 11 is 8.87. The first kappa shape index (κ1) is 14.9. The average molecular weight is 368 g/mol. The molecule has 1 aromatic carbocycles. The lowest BCUT2D eigenvalue weighted by atomic mass is 10.2. The van der Waals surface area contributed by atoms with Gasteiger partial charge in [0.1, 0.15) is 12.0 Å². The van der Waals surface area contributed by atoms with Crippen LogP contribution in [0, 0.1) is 0 Å². The summed E-state index contributed by atoms with van der Waals surface area (Å²) in [7, 11) is 0. The summed E-state index contributed by atoms with van der Waals surface area (Å²) in [5.74, 6) is 0.130. The average Bonchev–Trinajstić information content (AvgIpc) is 2.36. The first-order valence-electron chi connectivity index (χ1n) is 5.19. The Morgan fingerprint density at radius 3 is 2.60 bits per heavy atom. The van der Waals surface area contributed by atoms with Gasteiger partial charge in [-0.05, 0) is 34.1 Å². The van der Waals surface area contributed by atoms with E-state index in [1.165, 1.54) is 6.07 Å². The summed E-state index contributed by atoms with van der Waals surface area (Å²) in [4.78, 5) is 7.49. The number of nitrogens with zero attached hydrogens (tertiary/aromatic N) is 2. The molecule has 0 saturated heterocycles. The zero-order valence-electron chi connectivity index (χ0n) is 9.67. The van der Waals surface area contributed by atoms with Crippen molar-refractivity contribution in [2.45, 2.75) is 6.18 Å². The van der Waals surface area contributed by atoms with Crippen molar-refractivity contribution in [2.24, 2.45) is 0 Å². The molecule has 0 aliphatic rings. The topological polar surface area (TPSA) is 63.8 Å². The van der Waals surface area contributed by atoms with Gasteiger partial charge < -0.3 is 11.1 Å². The van der Waals surface area contributed by atoms with Crippen LogP contribution < -0.4 is 11.1 Å². The molecule has 0 unspecified atom stereocenters. The monoisotopic (exact) mass is 366 g/mol. The summed E-state index contributed by atoms with van der Waals surface area (Å²) in [6.07, 6.45) is -3.28. The summed E-state index contributed by atoms with van der Waals surface area (Å²) in [6, 6.07) is 3.19. The fourth-order valence-electron chi connectivity index (χ4n) is 1.40. The number of hydrogen-bond acceptors (Lipinski definition) is 4. The van der Waals surface area contributed by atoms with Crippen molar-refractivity contribution in [3.63, 3.8) is 0 Å². The fourth-order valence-corrected chi connectivity index (χ4v) is 1.88. The molecule has 0 aliphatic carbocycles. The molecule has 0 radical (unpaired) electrons. The minimum atomic E-state index is -4.44. The normalized spacial score (nSPS) is 11.4. The lowest BCUT2D eigenvalue weighted by Gasteiger charge is -2.13. The molecule has 0 amide bonds. The van der Waals surface area contributed by atoms with E-state index in [-0.39, 0.29) is 22.3 Å². The van der Waals surface area contributed by atoms with Gasteiger partial charge in [-0.3, -0.25) is 0 Å². The van der Waals surface area contributed by atoms with Crippen LogP contribution in [0.2, 0.25) is 5.15 Å². The van der Waals surface area contributed by atoms with Crippen molar-refractivity contribution in [3.8, 4) is 0 Å². The van der Waals surface area contributed by atoms with Crippen molar-refractivity contribution >= 4 is 44.7 Å². The number of hydrogen-bond donors (Lipinski definition) is 2. The molecule has 0 bridgehead atoms. The minimum Gasteiger partial charge on any atom is -0.393 e. The number of alkyl halides is 3. The van der Waals surface area contributed by atoms with Gasteiger partial charge in [0.15, 0.2) is 11.0 Å². The highest BCUT2D eigenvalue weighted by Gasteiger charge is 2.31. The molecule has 2 rings (SSSR count). The number of aromatic nitrogens is 2. The Morgan fingerprint density at radius 2 is 1.95 bits per heavy atom. The summed E-state index contributed by atoms with van der Waals surface area (Å²) < 4.78 is 38.4. The molecular weight excluding hydrogens is 360 g/mol. The van der Waals surface area contributed by atoms with Gasteiger partial charge in [0.2, 0.25) is 0 Å². The van der Waals surface area contributed by atoms with Crippen molar-refractivity contribution in [1.82, 2.24) is 9.97 Å². The van der Waals surface area contributed by atoms with Crippen molar-refractivity contribution in [1.29, 1.82) is 0 Å². The number of benzene rings is 1. The zero-order valence-corrected chi connectivity index (χ0v) is 12.0. The lowest BCUT2D eigenvalue weighted by molar-refractivity contribution is -0.137. The minimum absolute atomic E-state index is 0.0191. The molecule has 0 spiro atoms. The quantitative estimate of drug-likeness (QED) is 0.780. The van der Waals surface area contributed by atoms with Crippen LogP contribution in [-0.4, -0.2) is 9.97 Å². The number of anilines is 3. The molecule has 0 saturated carbocycles. The predicted molar refractivity (Wildman–Crippen MR) is 73.9 cm³/mol. The smallest absolute Gasteiger partial charge is 0.393 e. The Kier molecular flexibility index (Phi) is 4.05. The van der Waals surface area contributed by atoms with Crippen LogP contribution in [0.5, 0.6) is 0 Å². The number of nitrogens with one attached hydrogen (secondary N) is 1. The van der Waals surface area contributed by atoms with Gasteiger partial charge in [-0.15, -0.1) is 0 Å². The van der Waals surface area contributed by atoms with Gasteiger partial charge in [-0.1, -0.05) is 11.6 Å². The van der Waals surface area contributed by atoms with Crippen LogP contribution in [-0.2, 0) is 6.18 Å². The van der Waals surface area contributed by atoms with Crippen LogP contribution in [0.15, 0.2) is 29.0 Å². The highest BCUT2D eigenvalue weighted by molar-refractivity contribution is 9.10. The van der Waals surface area contributed by atoms with E-state index >= 15 is 0 Å². The Bertz CT molecular complexity index is 648. The number of rotatable bonds is 2. The Morgan fingerprint density at radius 1 is 1.25 bits per heavy atom. The van der Waals surface area contributed by atoms with E-state index in [4.69, 9.17) is 17.3 Å². The largest absolute Gasteiger partial charge is 0.416 e. The molecule has 20 heavy (non-hydrogen) atoms. The Labute approximate surface area is 125 Å². The van der Waals surface area contributed by atoms with Crippen molar-refractivity contribution in [2.75, 3.05) is 11.1 Å². The van der Waals surface area contributed by atoms with Gasteiger partial charge in [-0.2, -0.15) is 13.2 Å². The van der Waals surface area contributed by atoms with Gasteiger partial charge in [0.25, 0.3) is 0 Å². The van der Waals surface area contributed by atoms with Crippen LogP contribution in [0.4, 0.5) is 30.4 Å².